The van der Waals surface area contributed by atoms with Crippen LogP contribution in [-0.2, 0) is 32.7 Å². The Labute approximate surface area is 230 Å². The molecule has 3 aromatic rings. The Morgan fingerprint density at radius 2 is 1.79 bits per heavy atom. The first-order valence-electron chi connectivity index (χ1n) is 11.8. The lowest BCUT2D eigenvalue weighted by molar-refractivity contribution is -0.139. The molecule has 39 heavy (non-hydrogen) atoms. The number of anilines is 1. The number of esters is 2. The molecule has 1 aliphatic heterocycles. The molecule has 0 radical (unpaired) electrons. The summed E-state index contributed by atoms with van der Waals surface area (Å²) in [7, 11) is 4.19. The van der Waals surface area contributed by atoms with Gasteiger partial charge in [-0.05, 0) is 36.8 Å². The highest BCUT2D eigenvalue weighted by atomic mass is 35.5. The third-order valence-corrected chi connectivity index (χ3v) is 6.55. The number of benzene rings is 2. The SMILES string of the molecule is COC(=O)C1=C(C(=O)OC)N(c2ccc(OCc3cc(C)nn3C)c(Cl)c2)C(N)=C(C#N)C1c1ccccc1. The monoisotopic (exact) mass is 547 g/mol. The highest BCUT2D eigenvalue weighted by molar-refractivity contribution is 6.32. The van der Waals surface area contributed by atoms with E-state index >= 15 is 0 Å². The number of nitrogens with zero attached hydrogens (tertiary/aromatic N) is 4. The van der Waals surface area contributed by atoms with Crippen LogP contribution in [0, 0.1) is 18.3 Å². The van der Waals surface area contributed by atoms with Gasteiger partial charge in [0.25, 0.3) is 0 Å². The second-order valence-corrected chi connectivity index (χ2v) is 9.05. The molecule has 1 atom stereocenters. The number of nitriles is 1. The van der Waals surface area contributed by atoms with E-state index < -0.39 is 17.9 Å². The molecule has 2 N–H and O–H groups in total. The number of ether oxygens (including phenoxy) is 3. The summed E-state index contributed by atoms with van der Waals surface area (Å²) in [5, 5.41) is 14.7. The number of carbonyl (C=O) groups is 2. The van der Waals surface area contributed by atoms with Gasteiger partial charge < -0.3 is 19.9 Å². The number of carbonyl (C=O) groups excluding carboxylic acids is 2. The molecule has 1 aliphatic rings. The van der Waals surface area contributed by atoms with Crippen molar-refractivity contribution in [3.8, 4) is 11.8 Å². The molecule has 2 heterocycles. The number of halogens is 1. The molecular formula is C28H26ClN5O5. The van der Waals surface area contributed by atoms with Gasteiger partial charge >= 0.3 is 11.9 Å². The smallest absolute Gasteiger partial charge is 0.355 e. The van der Waals surface area contributed by atoms with Gasteiger partial charge in [0.1, 0.15) is 23.9 Å². The summed E-state index contributed by atoms with van der Waals surface area (Å²) in [4.78, 5) is 27.6. The van der Waals surface area contributed by atoms with Gasteiger partial charge in [0.2, 0.25) is 0 Å². The summed E-state index contributed by atoms with van der Waals surface area (Å²) in [6.45, 7) is 2.11. The second kappa shape index (κ2) is 11.3. The largest absolute Gasteiger partial charge is 0.486 e. The van der Waals surface area contributed by atoms with Crippen LogP contribution in [0.2, 0.25) is 5.02 Å². The standard InChI is InChI=1S/C28H26ClN5O5/c1-16-12-19(33(2)32-16)15-39-22-11-10-18(13-21(22)29)34-25(28(36)38-4)24(27(35)37-3)23(20(14-30)26(34)31)17-8-6-5-7-9-17/h5-13,23H,15,31H2,1-4H3. The Morgan fingerprint density at radius 3 is 2.36 bits per heavy atom. The number of allylic oxidation sites excluding steroid dienone is 1. The van der Waals surface area contributed by atoms with Crippen LogP contribution in [0.5, 0.6) is 5.75 Å². The molecule has 0 bridgehead atoms. The summed E-state index contributed by atoms with van der Waals surface area (Å²) >= 11 is 6.57. The maximum Gasteiger partial charge on any atom is 0.355 e. The van der Waals surface area contributed by atoms with Crippen LogP contribution in [0.4, 0.5) is 5.69 Å². The molecule has 200 valence electrons. The summed E-state index contributed by atoms with van der Waals surface area (Å²) < 4.78 is 17.7. The lowest BCUT2D eigenvalue weighted by Crippen LogP contribution is -2.40. The van der Waals surface area contributed by atoms with Crippen molar-refractivity contribution in [2.45, 2.75) is 19.4 Å². The predicted molar refractivity (Wildman–Crippen MR) is 143 cm³/mol. The zero-order chi connectivity index (χ0) is 28.3. The van der Waals surface area contributed by atoms with Gasteiger partial charge in [0.15, 0.2) is 0 Å². The molecule has 0 spiro atoms. The van der Waals surface area contributed by atoms with E-state index in [1.54, 1.807) is 47.1 Å². The zero-order valence-corrected chi connectivity index (χ0v) is 22.5. The number of hydrogen-bond donors (Lipinski definition) is 1. The van der Waals surface area contributed by atoms with E-state index in [-0.39, 0.29) is 34.3 Å². The van der Waals surface area contributed by atoms with Crippen molar-refractivity contribution in [2.75, 3.05) is 19.1 Å². The normalized spacial score (nSPS) is 15.2. The quantitative estimate of drug-likeness (QED) is 0.438. The van der Waals surface area contributed by atoms with Gasteiger partial charge in [-0.1, -0.05) is 41.9 Å². The Balaban J connectivity index is 1.84. The van der Waals surface area contributed by atoms with Crippen molar-refractivity contribution in [2.24, 2.45) is 12.8 Å². The Bertz CT molecular complexity index is 1540. The molecule has 0 saturated heterocycles. The van der Waals surface area contributed by atoms with Gasteiger partial charge in [-0.25, -0.2) is 9.59 Å². The van der Waals surface area contributed by atoms with Crippen LogP contribution in [0.3, 0.4) is 0 Å². The number of nitrogens with two attached hydrogens (primary N) is 1. The summed E-state index contributed by atoms with van der Waals surface area (Å²) in [6, 6.07) is 17.5. The minimum Gasteiger partial charge on any atom is -0.486 e. The van der Waals surface area contributed by atoms with E-state index in [9.17, 15) is 14.9 Å². The maximum atomic E-state index is 13.2. The Hall–Kier alpha value is -4.75. The number of aromatic nitrogens is 2. The second-order valence-electron chi connectivity index (χ2n) is 8.64. The highest BCUT2D eigenvalue weighted by Gasteiger charge is 2.43. The molecule has 4 rings (SSSR count). The first-order valence-corrected chi connectivity index (χ1v) is 12.2. The van der Waals surface area contributed by atoms with Crippen molar-refractivity contribution >= 4 is 29.2 Å². The van der Waals surface area contributed by atoms with E-state index in [0.717, 1.165) is 11.4 Å². The van der Waals surface area contributed by atoms with Crippen LogP contribution in [-0.4, -0.2) is 35.9 Å². The number of rotatable bonds is 7. The van der Waals surface area contributed by atoms with Gasteiger partial charge in [-0.2, -0.15) is 10.4 Å². The Morgan fingerprint density at radius 1 is 1.10 bits per heavy atom. The average molecular weight is 548 g/mol. The molecule has 10 nitrogen and oxygen atoms in total. The van der Waals surface area contributed by atoms with E-state index in [1.807, 2.05) is 20.0 Å². The topological polar surface area (TPSA) is 133 Å². The summed E-state index contributed by atoms with van der Waals surface area (Å²) in [5.74, 6) is -2.31. The van der Waals surface area contributed by atoms with Crippen LogP contribution in [0.25, 0.3) is 0 Å². The van der Waals surface area contributed by atoms with Crippen molar-refractivity contribution in [3.63, 3.8) is 0 Å². The molecule has 1 aromatic heterocycles. The molecule has 0 amide bonds. The first kappa shape index (κ1) is 27.3. The van der Waals surface area contributed by atoms with E-state index in [2.05, 4.69) is 11.2 Å². The van der Waals surface area contributed by atoms with Gasteiger partial charge in [-0.15, -0.1) is 0 Å². The van der Waals surface area contributed by atoms with Gasteiger partial charge in [-0.3, -0.25) is 9.58 Å². The number of aryl methyl sites for hydroxylation is 2. The molecule has 0 saturated carbocycles. The van der Waals surface area contributed by atoms with Gasteiger partial charge in [0.05, 0.1) is 53.8 Å². The molecule has 11 heteroatoms. The fourth-order valence-corrected chi connectivity index (χ4v) is 4.71. The van der Waals surface area contributed by atoms with E-state index in [1.165, 1.54) is 25.2 Å². The van der Waals surface area contributed by atoms with Crippen molar-refractivity contribution < 1.29 is 23.8 Å². The molecule has 0 fully saturated rings. The fraction of sp³-hybridized carbons (Fsp3) is 0.214. The maximum absolute atomic E-state index is 13.2. The van der Waals surface area contributed by atoms with Crippen molar-refractivity contribution in [3.05, 3.63) is 99.2 Å². The molecular weight excluding hydrogens is 522 g/mol. The van der Waals surface area contributed by atoms with Crippen LogP contribution >= 0.6 is 11.6 Å². The van der Waals surface area contributed by atoms with E-state index in [4.69, 9.17) is 31.5 Å². The third-order valence-electron chi connectivity index (χ3n) is 6.26. The Kier molecular flexibility index (Phi) is 7.93. The first-order chi connectivity index (χ1) is 18.7. The van der Waals surface area contributed by atoms with Crippen LogP contribution in [0.1, 0.15) is 22.9 Å². The molecule has 2 aromatic carbocycles. The van der Waals surface area contributed by atoms with Gasteiger partial charge in [0, 0.05) is 12.7 Å². The van der Waals surface area contributed by atoms with Crippen LogP contribution < -0.4 is 15.4 Å². The average Bonchev–Trinajstić information content (AvgIpc) is 3.27. The third kappa shape index (κ3) is 5.17. The minimum absolute atomic E-state index is 0.0530. The van der Waals surface area contributed by atoms with Crippen molar-refractivity contribution in [1.29, 1.82) is 5.26 Å². The van der Waals surface area contributed by atoms with E-state index in [0.29, 0.717) is 17.0 Å². The highest BCUT2D eigenvalue weighted by Crippen LogP contribution is 2.44. The van der Waals surface area contributed by atoms with Crippen molar-refractivity contribution in [1.82, 2.24) is 9.78 Å². The molecule has 0 aliphatic carbocycles. The lowest BCUT2D eigenvalue weighted by atomic mass is 9.81. The van der Waals surface area contributed by atoms with Crippen LogP contribution in [0.15, 0.2) is 77.3 Å². The fourth-order valence-electron chi connectivity index (χ4n) is 4.48. The number of methoxy groups -OCH3 is 2. The zero-order valence-electron chi connectivity index (χ0n) is 21.8. The summed E-state index contributed by atoms with van der Waals surface area (Å²) in [5.41, 5.74) is 8.88. The number of hydrogen-bond acceptors (Lipinski definition) is 9. The minimum atomic E-state index is -0.963. The molecule has 1 unspecified atom stereocenters. The summed E-state index contributed by atoms with van der Waals surface area (Å²) in [6.07, 6.45) is 0. The predicted octanol–water partition coefficient (Wildman–Crippen LogP) is 3.86. The lowest BCUT2D eigenvalue weighted by Gasteiger charge is -2.36.